The highest BCUT2D eigenvalue weighted by molar-refractivity contribution is 5.13. The summed E-state index contributed by atoms with van der Waals surface area (Å²) >= 11 is 0. The Bertz CT molecular complexity index is 282. The van der Waals surface area contributed by atoms with Gasteiger partial charge in [-0.15, -0.1) is 4.94 Å². The van der Waals surface area contributed by atoms with E-state index in [2.05, 4.69) is 17.1 Å². The molecule has 2 bridgehead atoms. The summed E-state index contributed by atoms with van der Waals surface area (Å²) in [6, 6.07) is 0. The minimum Gasteiger partial charge on any atom is -0.598 e. The molecule has 3 N–H and O–H groups in total. The molecule has 2 fully saturated rings. The molecule has 6 atom stereocenters. The van der Waals surface area contributed by atoms with Crippen molar-refractivity contribution in [1.82, 2.24) is 0 Å². The second kappa shape index (κ2) is 3.56. The fourth-order valence-corrected chi connectivity index (χ4v) is 4.20. The number of quaternary nitrogens is 1. The van der Waals surface area contributed by atoms with Gasteiger partial charge in [-0.05, 0) is 42.9 Å². The second-order valence-electron chi connectivity index (χ2n) is 5.25. The largest absolute Gasteiger partial charge is 0.598 e. The van der Waals surface area contributed by atoms with Crippen molar-refractivity contribution in [3.05, 3.63) is 17.4 Å². The molecule has 84 valence electrons. The van der Waals surface area contributed by atoms with Crippen molar-refractivity contribution in [1.29, 1.82) is 0 Å². The molecule has 3 rings (SSSR count). The summed E-state index contributed by atoms with van der Waals surface area (Å²) in [4.78, 5) is 4.28. The van der Waals surface area contributed by atoms with Crippen LogP contribution in [0.3, 0.4) is 0 Å². The fraction of sp³-hybridized carbons (Fsp3) is 0.818. The molecule has 0 heterocycles. The minimum atomic E-state index is -0.241. The molecule has 0 aromatic heterocycles. The summed E-state index contributed by atoms with van der Waals surface area (Å²) in [6.45, 7) is 0.529. The summed E-state index contributed by atoms with van der Waals surface area (Å²) in [5, 5.41) is 10.9. The number of hydrogen-bond donors (Lipinski definition) is 2. The fourth-order valence-electron chi connectivity index (χ4n) is 4.20. The molecule has 0 aliphatic heterocycles. The van der Waals surface area contributed by atoms with E-state index in [-0.39, 0.29) is 5.23 Å². The summed E-state index contributed by atoms with van der Waals surface area (Å²) in [5.41, 5.74) is 0. The molecule has 3 aliphatic carbocycles. The quantitative estimate of drug-likeness (QED) is 0.510. The van der Waals surface area contributed by atoms with Crippen LogP contribution in [0.2, 0.25) is 0 Å². The van der Waals surface area contributed by atoms with E-state index in [1.807, 2.05) is 0 Å². The molecule has 4 nitrogen and oxygen atoms in total. The summed E-state index contributed by atoms with van der Waals surface area (Å²) in [5.74, 6) is 8.64. The van der Waals surface area contributed by atoms with Crippen LogP contribution in [0.15, 0.2) is 12.2 Å². The Morgan fingerprint density at radius 3 is 3.07 bits per heavy atom. The highest BCUT2D eigenvalue weighted by Crippen LogP contribution is 2.58. The van der Waals surface area contributed by atoms with Gasteiger partial charge in [0.25, 0.3) is 0 Å². The van der Waals surface area contributed by atoms with Crippen LogP contribution in [0.1, 0.15) is 19.3 Å². The molecule has 3 aliphatic rings. The van der Waals surface area contributed by atoms with Gasteiger partial charge in [-0.1, -0.05) is 12.2 Å². The smallest absolute Gasteiger partial charge is 0.112 e. The highest BCUT2D eigenvalue weighted by atomic mass is 16.9. The molecule has 0 spiro atoms. The molecule has 2 saturated carbocycles. The first kappa shape index (κ1) is 9.78. The Morgan fingerprint density at radius 2 is 2.27 bits per heavy atom. The van der Waals surface area contributed by atoms with Crippen molar-refractivity contribution < 1.29 is 10.2 Å². The first-order valence-electron chi connectivity index (χ1n) is 5.86. The third-order valence-corrected chi connectivity index (χ3v) is 4.70. The number of nitrogens with two attached hydrogens (primary N) is 1. The van der Waals surface area contributed by atoms with Gasteiger partial charge in [-0.25, -0.2) is 5.23 Å². The summed E-state index contributed by atoms with van der Waals surface area (Å²) in [7, 11) is 0. The Kier molecular flexibility index (Phi) is 2.32. The molecular formula is C11H18N2O2. The summed E-state index contributed by atoms with van der Waals surface area (Å²) < 4.78 is 0. The second-order valence-corrected chi connectivity index (χ2v) is 5.25. The maximum absolute atomic E-state index is 11.2. The van der Waals surface area contributed by atoms with Crippen molar-refractivity contribution in [2.75, 3.05) is 6.54 Å². The zero-order valence-corrected chi connectivity index (χ0v) is 8.76. The Labute approximate surface area is 89.6 Å². The van der Waals surface area contributed by atoms with Crippen molar-refractivity contribution in [2.45, 2.75) is 19.3 Å². The van der Waals surface area contributed by atoms with Crippen LogP contribution in [0, 0.1) is 34.8 Å². The molecule has 0 radical (unpaired) electrons. The number of fused-ring (bicyclic) bond motifs is 5. The lowest BCUT2D eigenvalue weighted by molar-refractivity contribution is -1.06. The molecule has 5 unspecified atom stereocenters. The zero-order chi connectivity index (χ0) is 10.4. The van der Waals surface area contributed by atoms with E-state index >= 15 is 0 Å². The van der Waals surface area contributed by atoms with E-state index in [9.17, 15) is 5.21 Å². The van der Waals surface area contributed by atoms with Gasteiger partial charge < -0.3 is 5.21 Å². The Morgan fingerprint density at radius 1 is 1.40 bits per heavy atom. The number of nitrogens with one attached hydrogen (secondary N) is 1. The van der Waals surface area contributed by atoms with E-state index in [0.717, 1.165) is 23.7 Å². The SMILES string of the molecule is NO[NH+]([O-])CC1C[C@@H]2CC1C1CC=CC12. The lowest BCUT2D eigenvalue weighted by atomic mass is 9.75. The van der Waals surface area contributed by atoms with E-state index in [1.54, 1.807) is 0 Å². The minimum absolute atomic E-state index is 0.241. The van der Waals surface area contributed by atoms with Crippen LogP contribution in [0.25, 0.3) is 0 Å². The van der Waals surface area contributed by atoms with Gasteiger partial charge >= 0.3 is 0 Å². The number of rotatable bonds is 3. The van der Waals surface area contributed by atoms with E-state index in [4.69, 9.17) is 5.90 Å². The van der Waals surface area contributed by atoms with Gasteiger partial charge in [0.1, 0.15) is 6.54 Å². The number of allylic oxidation sites excluding steroid dienone is 2. The highest BCUT2D eigenvalue weighted by Gasteiger charge is 2.52. The van der Waals surface area contributed by atoms with Crippen molar-refractivity contribution in [3.8, 4) is 0 Å². The zero-order valence-electron chi connectivity index (χ0n) is 8.76. The standard InChI is InChI=1S/C11H18N2O2/c12-15-13(14)6-8-4-7-5-11(8)10-3-1-2-9(7)10/h1-2,7-11,13H,3-6,12H2/t7-,8?,9?,10?,11?/m1/s1. The number of hydroxylamine groups is 2. The van der Waals surface area contributed by atoms with Gasteiger partial charge in [0, 0.05) is 5.92 Å². The van der Waals surface area contributed by atoms with Crippen LogP contribution in [-0.4, -0.2) is 6.54 Å². The number of hydrogen-bond acceptors (Lipinski definition) is 3. The first-order chi connectivity index (χ1) is 7.29. The van der Waals surface area contributed by atoms with Gasteiger partial charge in [-0.3, -0.25) is 0 Å². The predicted octanol–water partition coefficient (Wildman–Crippen LogP) is 0.0227. The van der Waals surface area contributed by atoms with E-state index in [1.165, 1.54) is 19.3 Å². The monoisotopic (exact) mass is 210 g/mol. The van der Waals surface area contributed by atoms with Crippen LogP contribution in [-0.2, 0) is 4.94 Å². The molecule has 0 amide bonds. The van der Waals surface area contributed by atoms with Crippen molar-refractivity contribution >= 4 is 0 Å². The Hall–Kier alpha value is -0.420. The van der Waals surface area contributed by atoms with E-state index in [0.29, 0.717) is 12.5 Å². The molecular weight excluding hydrogens is 192 g/mol. The third kappa shape index (κ3) is 1.44. The predicted molar refractivity (Wildman–Crippen MR) is 54.9 cm³/mol. The lowest BCUT2D eigenvalue weighted by Gasteiger charge is -2.32. The molecule has 0 aromatic rings. The van der Waals surface area contributed by atoms with Gasteiger partial charge in [0.2, 0.25) is 0 Å². The molecule has 0 saturated heterocycles. The van der Waals surface area contributed by atoms with Crippen LogP contribution in [0.5, 0.6) is 0 Å². The van der Waals surface area contributed by atoms with Crippen molar-refractivity contribution in [3.63, 3.8) is 0 Å². The maximum Gasteiger partial charge on any atom is 0.112 e. The van der Waals surface area contributed by atoms with Gasteiger partial charge in [-0.2, -0.15) is 5.90 Å². The molecule has 4 heteroatoms. The summed E-state index contributed by atoms with van der Waals surface area (Å²) in [6.07, 6.45) is 8.46. The average molecular weight is 210 g/mol. The molecule has 15 heavy (non-hydrogen) atoms. The third-order valence-electron chi connectivity index (χ3n) is 4.70. The van der Waals surface area contributed by atoms with Gasteiger partial charge in [0.05, 0.1) is 0 Å². The van der Waals surface area contributed by atoms with E-state index < -0.39 is 0 Å². The first-order valence-corrected chi connectivity index (χ1v) is 5.86. The topological polar surface area (TPSA) is 62.8 Å². The van der Waals surface area contributed by atoms with Crippen LogP contribution < -0.4 is 11.1 Å². The van der Waals surface area contributed by atoms with Crippen molar-refractivity contribution in [2.24, 2.45) is 35.5 Å². The maximum atomic E-state index is 11.2. The average Bonchev–Trinajstić information content (AvgIpc) is 2.87. The van der Waals surface area contributed by atoms with Crippen LogP contribution >= 0.6 is 0 Å². The Balaban J connectivity index is 1.67. The molecule has 0 aromatic carbocycles. The van der Waals surface area contributed by atoms with Crippen LogP contribution in [0.4, 0.5) is 0 Å². The van der Waals surface area contributed by atoms with Gasteiger partial charge in [0.15, 0.2) is 0 Å². The lowest BCUT2D eigenvalue weighted by Crippen LogP contribution is -3.08. The normalized spacial score (nSPS) is 48.5.